The van der Waals surface area contributed by atoms with Crippen LogP contribution in [0.3, 0.4) is 0 Å². The Hall–Kier alpha value is -3.87. The molecule has 1 amide bonds. The molecule has 1 aliphatic heterocycles. The van der Waals surface area contributed by atoms with Gasteiger partial charge in [-0.25, -0.2) is 9.80 Å². The van der Waals surface area contributed by atoms with Gasteiger partial charge >= 0.3 is 5.97 Å². The number of allylic oxidation sites excluding steroid dienone is 1. The van der Waals surface area contributed by atoms with Crippen molar-refractivity contribution in [2.24, 2.45) is 5.10 Å². The molecule has 30 heavy (non-hydrogen) atoms. The van der Waals surface area contributed by atoms with Crippen LogP contribution in [-0.2, 0) is 16.1 Å². The van der Waals surface area contributed by atoms with Crippen LogP contribution in [-0.4, -0.2) is 35.3 Å². The summed E-state index contributed by atoms with van der Waals surface area (Å²) in [5.74, 6) is -1.34. The number of amides is 1. The van der Waals surface area contributed by atoms with Gasteiger partial charge < -0.3 is 15.2 Å². The van der Waals surface area contributed by atoms with Crippen molar-refractivity contribution >= 4 is 29.5 Å². The van der Waals surface area contributed by atoms with Crippen LogP contribution in [0.4, 0.5) is 0 Å². The highest BCUT2D eigenvalue weighted by Crippen LogP contribution is 2.39. The van der Waals surface area contributed by atoms with Gasteiger partial charge in [0.15, 0.2) is 11.5 Å². The number of carbonyl (C=O) groups is 2. The number of hydrogen-bond acceptors (Lipinski definition) is 6. The second-order valence-corrected chi connectivity index (χ2v) is 6.44. The number of carbonyl (C=O) groups excluding carboxylic acids is 2. The van der Waals surface area contributed by atoms with E-state index in [1.54, 1.807) is 38.1 Å². The lowest BCUT2D eigenvalue weighted by atomic mass is 9.92. The fourth-order valence-corrected chi connectivity index (χ4v) is 3.32. The minimum atomic E-state index is -0.734. The van der Waals surface area contributed by atoms with Crippen molar-refractivity contribution in [2.75, 3.05) is 7.11 Å². The Balaban J connectivity index is 2.09. The summed E-state index contributed by atoms with van der Waals surface area (Å²) < 4.78 is 4.83. The lowest BCUT2D eigenvalue weighted by Crippen LogP contribution is -2.31. The molecule has 1 aliphatic rings. The quantitative estimate of drug-likeness (QED) is 0.585. The number of hydrazone groups is 1. The van der Waals surface area contributed by atoms with Crippen molar-refractivity contribution in [2.45, 2.75) is 20.4 Å². The second-order valence-electron chi connectivity index (χ2n) is 6.44. The van der Waals surface area contributed by atoms with Crippen LogP contribution in [0, 0.1) is 0 Å². The predicted octanol–water partition coefficient (Wildman–Crippen LogP) is 3.70. The fourth-order valence-electron chi connectivity index (χ4n) is 3.32. The summed E-state index contributed by atoms with van der Waals surface area (Å²) in [4.78, 5) is 25.4. The van der Waals surface area contributed by atoms with Gasteiger partial charge in [-0.05, 0) is 25.5 Å². The zero-order chi connectivity index (χ0) is 21.7. The maximum absolute atomic E-state index is 13.0. The zero-order valence-corrected chi connectivity index (χ0v) is 17.0. The summed E-state index contributed by atoms with van der Waals surface area (Å²) in [5.41, 5.74) is 2.56. The summed E-state index contributed by atoms with van der Waals surface area (Å²) >= 11 is 0. The molecule has 3 rings (SSSR count). The standard InChI is InChI=1S/C23H23N3O4/c1-4-18-19-16(21(27)20(23(29)30-3)26(18)25-5-2)12-9-13-17(19)22(28)24-14-15-10-7-6-8-11-15/h4-13,27H,14H2,1-3H3,(H,24,28)/b18-4+,25-5-. The smallest absolute Gasteiger partial charge is 0.360 e. The third kappa shape index (κ3) is 3.82. The molecule has 0 aliphatic carbocycles. The molecule has 7 nitrogen and oxygen atoms in total. The van der Waals surface area contributed by atoms with Crippen LogP contribution in [0.15, 0.2) is 65.4 Å². The first kappa shape index (κ1) is 20.9. The molecule has 1 heterocycles. The number of hydrogen-bond donors (Lipinski definition) is 2. The molecule has 0 spiro atoms. The fraction of sp³-hybridized carbons (Fsp3) is 0.174. The SMILES string of the molecule is C/C=N\N1C(C(=O)OC)=C(O)c2cccc(C(=O)NCc3ccccc3)c2/C1=C\C. The lowest BCUT2D eigenvalue weighted by Gasteiger charge is -2.31. The van der Waals surface area contributed by atoms with Crippen LogP contribution < -0.4 is 5.32 Å². The maximum Gasteiger partial charge on any atom is 0.360 e. The Bertz CT molecular complexity index is 1060. The number of aliphatic hydroxyl groups is 1. The number of nitrogens with one attached hydrogen (secondary N) is 1. The minimum Gasteiger partial charge on any atom is -0.505 e. The topological polar surface area (TPSA) is 91.2 Å². The van der Waals surface area contributed by atoms with E-state index in [1.165, 1.54) is 18.3 Å². The Morgan fingerprint density at radius 2 is 1.87 bits per heavy atom. The van der Waals surface area contributed by atoms with Crippen molar-refractivity contribution < 1.29 is 19.4 Å². The molecule has 0 bridgehead atoms. The zero-order valence-electron chi connectivity index (χ0n) is 17.0. The number of esters is 1. The van der Waals surface area contributed by atoms with E-state index in [1.807, 2.05) is 30.3 Å². The molecule has 154 valence electrons. The van der Waals surface area contributed by atoms with Gasteiger partial charge in [-0.2, -0.15) is 5.10 Å². The van der Waals surface area contributed by atoms with Crippen molar-refractivity contribution in [1.82, 2.24) is 10.3 Å². The van der Waals surface area contributed by atoms with E-state index in [0.717, 1.165) is 5.56 Å². The van der Waals surface area contributed by atoms with Gasteiger partial charge in [0.1, 0.15) is 0 Å². The average molecular weight is 405 g/mol. The van der Waals surface area contributed by atoms with E-state index in [0.29, 0.717) is 28.9 Å². The number of benzene rings is 2. The number of nitrogens with zero attached hydrogens (tertiary/aromatic N) is 2. The molecule has 2 aromatic rings. The molecule has 2 aromatic carbocycles. The monoisotopic (exact) mass is 405 g/mol. The first-order valence-electron chi connectivity index (χ1n) is 9.45. The molecular formula is C23H23N3O4. The molecule has 0 radical (unpaired) electrons. The first-order valence-corrected chi connectivity index (χ1v) is 9.45. The summed E-state index contributed by atoms with van der Waals surface area (Å²) in [6.45, 7) is 3.82. The molecule has 0 fully saturated rings. The maximum atomic E-state index is 13.0. The van der Waals surface area contributed by atoms with E-state index < -0.39 is 5.97 Å². The van der Waals surface area contributed by atoms with E-state index in [9.17, 15) is 14.7 Å². The molecular weight excluding hydrogens is 382 g/mol. The Labute approximate surface area is 175 Å². The van der Waals surface area contributed by atoms with E-state index in [2.05, 4.69) is 10.4 Å². The second kappa shape index (κ2) is 9.09. The number of methoxy groups -OCH3 is 1. The highest BCUT2D eigenvalue weighted by Gasteiger charge is 2.36. The molecule has 0 saturated heterocycles. The van der Waals surface area contributed by atoms with Gasteiger partial charge in [0.2, 0.25) is 0 Å². The lowest BCUT2D eigenvalue weighted by molar-refractivity contribution is -0.137. The first-order chi connectivity index (χ1) is 14.5. The number of ether oxygens (including phenoxy) is 1. The van der Waals surface area contributed by atoms with Crippen molar-refractivity contribution in [3.63, 3.8) is 0 Å². The highest BCUT2D eigenvalue weighted by molar-refractivity contribution is 6.06. The van der Waals surface area contributed by atoms with Gasteiger partial charge in [0.05, 0.1) is 12.8 Å². The molecule has 7 heteroatoms. The normalized spacial score (nSPS) is 14.8. The van der Waals surface area contributed by atoms with Crippen LogP contribution in [0.25, 0.3) is 11.5 Å². The highest BCUT2D eigenvalue weighted by atomic mass is 16.5. The largest absolute Gasteiger partial charge is 0.505 e. The summed E-state index contributed by atoms with van der Waals surface area (Å²) in [5, 5.41) is 19.3. The predicted molar refractivity (Wildman–Crippen MR) is 115 cm³/mol. The Kier molecular flexibility index (Phi) is 6.32. The summed E-state index contributed by atoms with van der Waals surface area (Å²) in [6, 6.07) is 14.6. The number of rotatable bonds is 5. The third-order valence-electron chi connectivity index (χ3n) is 4.66. The van der Waals surface area contributed by atoms with Gasteiger partial charge in [-0.3, -0.25) is 4.79 Å². The molecule has 0 unspecified atom stereocenters. The number of aliphatic hydroxyl groups excluding tert-OH is 1. The minimum absolute atomic E-state index is 0.113. The average Bonchev–Trinajstić information content (AvgIpc) is 2.78. The molecule has 0 saturated carbocycles. The van der Waals surface area contributed by atoms with Gasteiger partial charge in [-0.1, -0.05) is 48.5 Å². The van der Waals surface area contributed by atoms with Gasteiger partial charge in [0.25, 0.3) is 5.91 Å². The van der Waals surface area contributed by atoms with Crippen LogP contribution in [0.2, 0.25) is 0 Å². The summed E-state index contributed by atoms with van der Waals surface area (Å²) in [7, 11) is 1.23. The Morgan fingerprint density at radius 3 is 2.50 bits per heavy atom. The third-order valence-corrected chi connectivity index (χ3v) is 4.66. The van der Waals surface area contributed by atoms with Crippen LogP contribution in [0.1, 0.15) is 40.9 Å². The van der Waals surface area contributed by atoms with Crippen molar-refractivity contribution in [1.29, 1.82) is 0 Å². The van der Waals surface area contributed by atoms with Crippen LogP contribution in [0.5, 0.6) is 0 Å². The number of fused-ring (bicyclic) bond motifs is 1. The van der Waals surface area contributed by atoms with Crippen molar-refractivity contribution in [3.05, 3.63) is 82.6 Å². The van der Waals surface area contributed by atoms with Crippen LogP contribution >= 0.6 is 0 Å². The van der Waals surface area contributed by atoms with Gasteiger partial charge in [0, 0.05) is 29.4 Å². The van der Waals surface area contributed by atoms with Crippen molar-refractivity contribution in [3.8, 4) is 0 Å². The summed E-state index contributed by atoms with van der Waals surface area (Å²) in [6.07, 6.45) is 3.22. The molecule has 2 N–H and O–H groups in total. The Morgan fingerprint density at radius 1 is 1.13 bits per heavy atom. The van der Waals surface area contributed by atoms with E-state index in [-0.39, 0.29) is 17.4 Å². The van der Waals surface area contributed by atoms with E-state index >= 15 is 0 Å². The molecule has 0 aromatic heterocycles. The molecule has 0 atom stereocenters. The van der Waals surface area contributed by atoms with Gasteiger partial charge in [-0.15, -0.1) is 0 Å². The van der Waals surface area contributed by atoms with E-state index in [4.69, 9.17) is 4.74 Å².